The molecule has 0 aliphatic carbocycles. The summed E-state index contributed by atoms with van der Waals surface area (Å²) >= 11 is 0. The van der Waals surface area contributed by atoms with Crippen molar-refractivity contribution in [2.45, 2.75) is 19.6 Å². The van der Waals surface area contributed by atoms with Crippen molar-refractivity contribution in [1.82, 2.24) is 19.4 Å². The SMILES string of the molecule is COC[C@H]1CN(Cc2ccccn2)Cc2nccn2C1. The molecule has 0 N–H and O–H groups in total. The first-order valence-electron chi connectivity index (χ1n) is 6.96. The number of rotatable bonds is 4. The summed E-state index contributed by atoms with van der Waals surface area (Å²) in [6.45, 7) is 4.48. The Hall–Kier alpha value is -1.72. The molecule has 0 saturated heterocycles. The molecule has 3 rings (SSSR count). The van der Waals surface area contributed by atoms with E-state index in [1.807, 2.05) is 24.5 Å². The van der Waals surface area contributed by atoms with E-state index >= 15 is 0 Å². The Morgan fingerprint density at radius 2 is 2.20 bits per heavy atom. The highest BCUT2D eigenvalue weighted by Crippen LogP contribution is 2.17. The van der Waals surface area contributed by atoms with Crippen LogP contribution in [0.4, 0.5) is 0 Å². The van der Waals surface area contributed by atoms with E-state index < -0.39 is 0 Å². The van der Waals surface area contributed by atoms with E-state index in [9.17, 15) is 0 Å². The number of methoxy groups -OCH3 is 1. The molecule has 1 aliphatic heterocycles. The lowest BCUT2D eigenvalue weighted by Crippen LogP contribution is -2.30. The Morgan fingerprint density at radius 1 is 1.25 bits per heavy atom. The van der Waals surface area contributed by atoms with Crippen molar-refractivity contribution in [3.8, 4) is 0 Å². The fourth-order valence-electron chi connectivity index (χ4n) is 2.81. The van der Waals surface area contributed by atoms with Crippen LogP contribution in [0.3, 0.4) is 0 Å². The van der Waals surface area contributed by atoms with Crippen LogP contribution in [0.15, 0.2) is 36.8 Å². The normalized spacial score (nSPS) is 19.6. The molecular formula is C15H20N4O. The minimum absolute atomic E-state index is 0.485. The van der Waals surface area contributed by atoms with Crippen LogP contribution in [0.2, 0.25) is 0 Å². The molecule has 0 saturated carbocycles. The zero-order chi connectivity index (χ0) is 13.8. The third-order valence-electron chi connectivity index (χ3n) is 3.65. The Labute approximate surface area is 119 Å². The van der Waals surface area contributed by atoms with Gasteiger partial charge in [0.1, 0.15) is 5.82 Å². The van der Waals surface area contributed by atoms with Gasteiger partial charge in [-0.2, -0.15) is 0 Å². The van der Waals surface area contributed by atoms with E-state index in [4.69, 9.17) is 4.74 Å². The molecular weight excluding hydrogens is 252 g/mol. The Morgan fingerprint density at radius 3 is 3.00 bits per heavy atom. The highest BCUT2D eigenvalue weighted by atomic mass is 16.5. The third kappa shape index (κ3) is 3.05. The van der Waals surface area contributed by atoms with E-state index in [-0.39, 0.29) is 0 Å². The van der Waals surface area contributed by atoms with Gasteiger partial charge in [-0.15, -0.1) is 0 Å². The van der Waals surface area contributed by atoms with Gasteiger partial charge in [0.05, 0.1) is 18.8 Å². The number of aromatic nitrogens is 3. The van der Waals surface area contributed by atoms with Crippen LogP contribution in [0.25, 0.3) is 0 Å². The van der Waals surface area contributed by atoms with Crippen molar-refractivity contribution in [3.05, 3.63) is 48.3 Å². The predicted molar refractivity (Wildman–Crippen MR) is 75.9 cm³/mol. The number of hydrogen-bond donors (Lipinski definition) is 0. The largest absolute Gasteiger partial charge is 0.384 e. The van der Waals surface area contributed by atoms with Crippen LogP contribution in [0, 0.1) is 5.92 Å². The van der Waals surface area contributed by atoms with Gasteiger partial charge in [0.15, 0.2) is 0 Å². The van der Waals surface area contributed by atoms with Crippen LogP contribution in [-0.2, 0) is 24.4 Å². The van der Waals surface area contributed by atoms with E-state index in [1.165, 1.54) is 0 Å². The predicted octanol–water partition coefficient (Wildman–Crippen LogP) is 1.56. The Bertz CT molecular complexity index is 540. The molecule has 0 unspecified atom stereocenters. The summed E-state index contributed by atoms with van der Waals surface area (Å²) in [6, 6.07) is 6.06. The summed E-state index contributed by atoms with van der Waals surface area (Å²) in [5, 5.41) is 0. The molecule has 106 valence electrons. The summed E-state index contributed by atoms with van der Waals surface area (Å²) in [6.07, 6.45) is 5.78. The topological polar surface area (TPSA) is 43.2 Å². The molecule has 2 aromatic heterocycles. The van der Waals surface area contributed by atoms with Crippen molar-refractivity contribution >= 4 is 0 Å². The molecule has 2 aromatic rings. The maximum absolute atomic E-state index is 5.35. The van der Waals surface area contributed by atoms with Crippen molar-refractivity contribution in [1.29, 1.82) is 0 Å². The second-order valence-electron chi connectivity index (χ2n) is 5.31. The van der Waals surface area contributed by atoms with Crippen LogP contribution >= 0.6 is 0 Å². The lowest BCUT2D eigenvalue weighted by atomic mass is 10.1. The monoisotopic (exact) mass is 272 g/mol. The van der Waals surface area contributed by atoms with Gasteiger partial charge >= 0.3 is 0 Å². The molecule has 5 heteroatoms. The van der Waals surface area contributed by atoms with Gasteiger partial charge in [0.25, 0.3) is 0 Å². The summed E-state index contributed by atoms with van der Waals surface area (Å²) < 4.78 is 7.59. The van der Waals surface area contributed by atoms with Gasteiger partial charge in [0.2, 0.25) is 0 Å². The summed E-state index contributed by atoms with van der Waals surface area (Å²) in [7, 11) is 1.77. The lowest BCUT2D eigenvalue weighted by molar-refractivity contribution is 0.115. The number of ether oxygens (including phenoxy) is 1. The molecule has 20 heavy (non-hydrogen) atoms. The van der Waals surface area contributed by atoms with Crippen LogP contribution in [0.5, 0.6) is 0 Å². The number of fused-ring (bicyclic) bond motifs is 1. The number of pyridine rings is 1. The Kier molecular flexibility index (Phi) is 4.08. The zero-order valence-electron chi connectivity index (χ0n) is 11.8. The van der Waals surface area contributed by atoms with Gasteiger partial charge in [-0.25, -0.2) is 4.98 Å². The second-order valence-corrected chi connectivity index (χ2v) is 5.31. The molecule has 0 radical (unpaired) electrons. The average Bonchev–Trinajstić information content (AvgIpc) is 2.81. The van der Waals surface area contributed by atoms with Crippen LogP contribution in [0.1, 0.15) is 11.5 Å². The molecule has 1 atom stereocenters. The molecule has 0 bridgehead atoms. The van der Waals surface area contributed by atoms with Gasteiger partial charge in [0, 0.05) is 51.3 Å². The van der Waals surface area contributed by atoms with Crippen LogP contribution in [-0.4, -0.2) is 39.7 Å². The maximum Gasteiger partial charge on any atom is 0.122 e. The third-order valence-corrected chi connectivity index (χ3v) is 3.65. The smallest absolute Gasteiger partial charge is 0.122 e. The molecule has 3 heterocycles. The number of nitrogens with zero attached hydrogens (tertiary/aromatic N) is 4. The minimum atomic E-state index is 0.485. The van der Waals surface area contributed by atoms with Gasteiger partial charge < -0.3 is 9.30 Å². The van der Waals surface area contributed by atoms with E-state index in [1.54, 1.807) is 7.11 Å². The first-order chi connectivity index (χ1) is 9.85. The van der Waals surface area contributed by atoms with Gasteiger partial charge in [-0.05, 0) is 12.1 Å². The van der Waals surface area contributed by atoms with E-state index in [2.05, 4.69) is 31.7 Å². The summed E-state index contributed by atoms with van der Waals surface area (Å²) in [5.74, 6) is 1.61. The Balaban J connectivity index is 1.76. The molecule has 5 nitrogen and oxygen atoms in total. The first kappa shape index (κ1) is 13.3. The molecule has 0 aromatic carbocycles. The van der Waals surface area contributed by atoms with Crippen molar-refractivity contribution in [3.63, 3.8) is 0 Å². The molecule has 0 spiro atoms. The second kappa shape index (κ2) is 6.15. The average molecular weight is 272 g/mol. The molecule has 0 amide bonds. The lowest BCUT2D eigenvalue weighted by Gasteiger charge is -2.22. The quantitative estimate of drug-likeness (QED) is 0.847. The van der Waals surface area contributed by atoms with Crippen molar-refractivity contribution in [2.24, 2.45) is 5.92 Å². The highest BCUT2D eigenvalue weighted by molar-refractivity contribution is 5.04. The molecule has 0 fully saturated rings. The fraction of sp³-hybridized carbons (Fsp3) is 0.467. The van der Waals surface area contributed by atoms with E-state index in [0.717, 1.165) is 44.3 Å². The highest BCUT2D eigenvalue weighted by Gasteiger charge is 2.22. The zero-order valence-corrected chi connectivity index (χ0v) is 11.8. The first-order valence-corrected chi connectivity index (χ1v) is 6.96. The standard InChI is InChI=1S/C15H20N4O/c1-20-12-13-8-18(10-14-4-2-3-5-16-14)11-15-17-6-7-19(15)9-13/h2-7,13H,8-12H2,1H3/t13-/m0/s1. The fourth-order valence-corrected chi connectivity index (χ4v) is 2.81. The maximum atomic E-state index is 5.35. The summed E-state index contributed by atoms with van der Waals surface area (Å²) in [4.78, 5) is 11.3. The van der Waals surface area contributed by atoms with Crippen molar-refractivity contribution in [2.75, 3.05) is 20.3 Å². The molecule has 1 aliphatic rings. The number of hydrogen-bond acceptors (Lipinski definition) is 4. The van der Waals surface area contributed by atoms with Gasteiger partial charge in [-0.1, -0.05) is 6.07 Å². The number of imidazole rings is 1. The minimum Gasteiger partial charge on any atom is -0.384 e. The van der Waals surface area contributed by atoms with E-state index in [0.29, 0.717) is 5.92 Å². The van der Waals surface area contributed by atoms with Gasteiger partial charge in [-0.3, -0.25) is 9.88 Å². The summed E-state index contributed by atoms with van der Waals surface area (Å²) in [5.41, 5.74) is 1.10. The van der Waals surface area contributed by atoms with Crippen molar-refractivity contribution < 1.29 is 4.74 Å². The van der Waals surface area contributed by atoms with Crippen LogP contribution < -0.4 is 0 Å².